The fourth-order valence-corrected chi connectivity index (χ4v) is 5.40. The summed E-state index contributed by atoms with van der Waals surface area (Å²) in [6.07, 6.45) is 2.13. The molecule has 43 heavy (non-hydrogen) atoms. The Hall–Kier alpha value is -4.20. The third kappa shape index (κ3) is 7.61. The molecule has 1 N–H and O–H groups in total. The summed E-state index contributed by atoms with van der Waals surface area (Å²) < 4.78 is 17.6. The number of hydrogen-bond donors (Lipinski definition) is 1. The Labute approximate surface area is 253 Å². The molecule has 3 aromatic carbocycles. The SMILES string of the molecule is CC(C)(C)OC(=O)CC(C(=O)NN1C(Cc2ccccc2)COC1(C)C)c1coc(-c2ccc(-c3ccccc3)cc2)c1. The summed E-state index contributed by atoms with van der Waals surface area (Å²) in [5, 5.41) is 1.87. The second kappa shape index (κ2) is 12.6. The van der Waals surface area contributed by atoms with Crippen molar-refractivity contribution in [2.24, 2.45) is 0 Å². The van der Waals surface area contributed by atoms with Crippen LogP contribution in [0.2, 0.25) is 0 Å². The fourth-order valence-electron chi connectivity index (χ4n) is 5.40. The molecule has 0 saturated carbocycles. The lowest BCUT2D eigenvalue weighted by molar-refractivity contribution is -0.157. The largest absolute Gasteiger partial charge is 0.464 e. The standard InChI is InChI=1S/C36H40N2O5/c1-35(2,3)43-33(39)22-31(34(40)37-38-30(24-42-36(38,4)5)20-25-12-8-6-9-13-25)29-21-32(41-23-29)28-18-16-27(17-19-28)26-14-10-7-11-15-26/h6-19,21,23,30-31H,20,22,24H2,1-5H3,(H,37,40). The molecule has 1 aliphatic rings. The normalized spacial score (nSPS) is 17.4. The average Bonchev–Trinajstić information content (AvgIpc) is 3.57. The first-order valence-corrected chi connectivity index (χ1v) is 14.7. The van der Waals surface area contributed by atoms with E-state index < -0.39 is 23.2 Å². The summed E-state index contributed by atoms with van der Waals surface area (Å²) in [5.41, 5.74) is 6.54. The Morgan fingerprint density at radius 1 is 0.930 bits per heavy atom. The number of carbonyl (C=O) groups excluding carboxylic acids is 2. The monoisotopic (exact) mass is 580 g/mol. The first-order chi connectivity index (χ1) is 20.5. The number of hydrazine groups is 1. The maximum absolute atomic E-state index is 14.0. The van der Waals surface area contributed by atoms with Crippen molar-refractivity contribution >= 4 is 11.9 Å². The van der Waals surface area contributed by atoms with Crippen LogP contribution < -0.4 is 5.43 Å². The van der Waals surface area contributed by atoms with Gasteiger partial charge in [-0.25, -0.2) is 0 Å². The first-order valence-electron chi connectivity index (χ1n) is 14.7. The van der Waals surface area contributed by atoms with Crippen LogP contribution in [-0.2, 0) is 25.5 Å². The van der Waals surface area contributed by atoms with Gasteiger partial charge in [0.1, 0.15) is 17.1 Å². The summed E-state index contributed by atoms with van der Waals surface area (Å²) in [6, 6.07) is 30.1. The molecule has 0 bridgehead atoms. The predicted octanol–water partition coefficient (Wildman–Crippen LogP) is 7.14. The van der Waals surface area contributed by atoms with Gasteiger partial charge in [0.25, 0.3) is 0 Å². The molecule has 1 aromatic heterocycles. The van der Waals surface area contributed by atoms with Crippen molar-refractivity contribution in [2.75, 3.05) is 6.61 Å². The average molecular weight is 581 g/mol. The van der Waals surface area contributed by atoms with Crippen molar-refractivity contribution < 1.29 is 23.5 Å². The van der Waals surface area contributed by atoms with Crippen molar-refractivity contribution in [1.29, 1.82) is 0 Å². The molecule has 2 heterocycles. The number of carbonyl (C=O) groups is 2. The molecule has 2 unspecified atom stereocenters. The van der Waals surface area contributed by atoms with E-state index in [1.165, 1.54) is 0 Å². The molecule has 0 spiro atoms. The highest BCUT2D eigenvalue weighted by Crippen LogP contribution is 2.32. The van der Waals surface area contributed by atoms with E-state index in [-0.39, 0.29) is 18.4 Å². The number of furan rings is 1. The molecule has 0 radical (unpaired) electrons. The Balaban J connectivity index is 1.38. The van der Waals surface area contributed by atoms with Crippen molar-refractivity contribution in [1.82, 2.24) is 10.4 Å². The van der Waals surface area contributed by atoms with Crippen LogP contribution in [0.3, 0.4) is 0 Å². The number of ether oxygens (including phenoxy) is 2. The van der Waals surface area contributed by atoms with Crippen LogP contribution in [0.5, 0.6) is 0 Å². The van der Waals surface area contributed by atoms with E-state index in [4.69, 9.17) is 13.9 Å². The highest BCUT2D eigenvalue weighted by Gasteiger charge is 2.43. The summed E-state index contributed by atoms with van der Waals surface area (Å²) in [6.45, 7) is 9.76. The summed E-state index contributed by atoms with van der Waals surface area (Å²) in [4.78, 5) is 27.0. The van der Waals surface area contributed by atoms with Gasteiger partial charge in [-0.1, -0.05) is 84.9 Å². The van der Waals surface area contributed by atoms with Crippen LogP contribution in [0, 0.1) is 0 Å². The zero-order valence-electron chi connectivity index (χ0n) is 25.5. The predicted molar refractivity (Wildman–Crippen MR) is 167 cm³/mol. The van der Waals surface area contributed by atoms with Gasteiger partial charge in [-0.2, -0.15) is 5.01 Å². The van der Waals surface area contributed by atoms with Gasteiger partial charge in [-0.05, 0) is 63.8 Å². The molecule has 4 aromatic rings. The van der Waals surface area contributed by atoms with E-state index in [2.05, 4.69) is 29.7 Å². The van der Waals surface area contributed by atoms with Crippen LogP contribution >= 0.6 is 0 Å². The molecule has 1 amide bonds. The van der Waals surface area contributed by atoms with Crippen molar-refractivity contribution in [3.63, 3.8) is 0 Å². The van der Waals surface area contributed by atoms with Crippen LogP contribution in [0.25, 0.3) is 22.5 Å². The van der Waals surface area contributed by atoms with Gasteiger partial charge in [0, 0.05) is 11.1 Å². The highest BCUT2D eigenvalue weighted by molar-refractivity contribution is 5.88. The third-order valence-corrected chi connectivity index (χ3v) is 7.52. The minimum atomic E-state index is -0.829. The molecule has 5 rings (SSSR count). The maximum atomic E-state index is 14.0. The van der Waals surface area contributed by atoms with Gasteiger partial charge < -0.3 is 13.9 Å². The van der Waals surface area contributed by atoms with E-state index in [1.807, 2.05) is 106 Å². The van der Waals surface area contributed by atoms with E-state index in [9.17, 15) is 9.59 Å². The van der Waals surface area contributed by atoms with Gasteiger partial charge in [-0.3, -0.25) is 15.0 Å². The van der Waals surface area contributed by atoms with Crippen LogP contribution in [0.1, 0.15) is 58.1 Å². The number of rotatable bonds is 9. The number of nitrogens with one attached hydrogen (secondary N) is 1. The van der Waals surface area contributed by atoms with Gasteiger partial charge in [0.05, 0.1) is 31.3 Å². The Morgan fingerprint density at radius 3 is 2.19 bits per heavy atom. The van der Waals surface area contributed by atoms with Gasteiger partial charge in [0.2, 0.25) is 5.91 Å². The van der Waals surface area contributed by atoms with Crippen LogP contribution in [0.15, 0.2) is 102 Å². The third-order valence-electron chi connectivity index (χ3n) is 7.52. The fraction of sp³-hybridized carbons (Fsp3) is 0.333. The lowest BCUT2D eigenvalue weighted by atomic mass is 9.96. The molecular weight excluding hydrogens is 540 g/mol. The molecule has 1 aliphatic heterocycles. The lowest BCUT2D eigenvalue weighted by Crippen LogP contribution is -2.56. The minimum Gasteiger partial charge on any atom is -0.464 e. The van der Waals surface area contributed by atoms with Crippen LogP contribution in [0.4, 0.5) is 0 Å². The topological polar surface area (TPSA) is 81.0 Å². The number of benzene rings is 3. The van der Waals surface area contributed by atoms with Gasteiger partial charge in [0.15, 0.2) is 0 Å². The first kappa shape index (κ1) is 30.3. The summed E-state index contributed by atoms with van der Waals surface area (Å²) in [7, 11) is 0. The molecule has 224 valence electrons. The second-order valence-corrected chi connectivity index (χ2v) is 12.5. The molecule has 1 fully saturated rings. The maximum Gasteiger partial charge on any atom is 0.307 e. The van der Waals surface area contributed by atoms with Gasteiger partial charge in [-0.15, -0.1) is 0 Å². The number of esters is 1. The summed E-state index contributed by atoms with van der Waals surface area (Å²) >= 11 is 0. The zero-order chi connectivity index (χ0) is 30.6. The quantitative estimate of drug-likeness (QED) is 0.212. The van der Waals surface area contributed by atoms with E-state index in [0.717, 1.165) is 22.3 Å². The highest BCUT2D eigenvalue weighted by atomic mass is 16.6. The molecule has 2 atom stereocenters. The molecule has 7 nitrogen and oxygen atoms in total. The molecular formula is C36H40N2O5. The minimum absolute atomic E-state index is 0.0773. The Bertz CT molecular complexity index is 1520. The molecule has 1 saturated heterocycles. The van der Waals surface area contributed by atoms with Crippen LogP contribution in [-0.4, -0.2) is 40.9 Å². The number of hydrogen-bond acceptors (Lipinski definition) is 6. The molecule has 7 heteroatoms. The lowest BCUT2D eigenvalue weighted by Gasteiger charge is -2.34. The van der Waals surface area contributed by atoms with Crippen molar-refractivity contribution in [3.05, 3.63) is 108 Å². The second-order valence-electron chi connectivity index (χ2n) is 12.5. The van der Waals surface area contributed by atoms with Crippen molar-refractivity contribution in [2.45, 2.75) is 70.7 Å². The number of amides is 1. The Morgan fingerprint density at radius 2 is 1.53 bits per heavy atom. The Kier molecular flexibility index (Phi) is 8.85. The number of nitrogens with zero attached hydrogens (tertiary/aromatic N) is 1. The summed E-state index contributed by atoms with van der Waals surface area (Å²) in [5.74, 6) is -0.997. The zero-order valence-corrected chi connectivity index (χ0v) is 25.5. The van der Waals surface area contributed by atoms with E-state index in [1.54, 1.807) is 6.26 Å². The van der Waals surface area contributed by atoms with Gasteiger partial charge >= 0.3 is 5.97 Å². The van der Waals surface area contributed by atoms with Crippen molar-refractivity contribution in [3.8, 4) is 22.5 Å². The molecule has 0 aliphatic carbocycles. The smallest absolute Gasteiger partial charge is 0.307 e. The van der Waals surface area contributed by atoms with E-state index in [0.29, 0.717) is 24.4 Å². The van der Waals surface area contributed by atoms with E-state index >= 15 is 0 Å².